The number of anilines is 2. The summed E-state index contributed by atoms with van der Waals surface area (Å²) in [6.07, 6.45) is 1.13. The molecule has 2 fully saturated rings. The Bertz CT molecular complexity index is 1560. The van der Waals surface area contributed by atoms with Gasteiger partial charge in [-0.2, -0.15) is 4.39 Å². The molecule has 3 heterocycles. The van der Waals surface area contributed by atoms with E-state index in [4.69, 9.17) is 11.6 Å². The molecule has 0 bridgehead atoms. The van der Waals surface area contributed by atoms with Crippen LogP contribution < -0.4 is 9.21 Å². The van der Waals surface area contributed by atoms with Gasteiger partial charge in [0.05, 0.1) is 12.2 Å². The molecule has 6 nitrogen and oxygen atoms in total. The van der Waals surface area contributed by atoms with Crippen LogP contribution in [0.4, 0.5) is 20.3 Å². The molecular weight excluding hydrogens is 554 g/mol. The molecule has 2 saturated heterocycles. The van der Waals surface area contributed by atoms with Gasteiger partial charge in [0.2, 0.25) is 5.95 Å². The second-order valence-electron chi connectivity index (χ2n) is 11.7. The maximum atomic E-state index is 16.0. The number of halogens is 3. The molecule has 5 rings (SSSR count). The van der Waals surface area contributed by atoms with E-state index in [0.29, 0.717) is 17.2 Å². The third kappa shape index (κ3) is 5.19. The average molecular weight is 589 g/mol. The summed E-state index contributed by atoms with van der Waals surface area (Å²) in [7, 11) is -2.41. The molecule has 0 N–H and O–H groups in total. The van der Waals surface area contributed by atoms with Gasteiger partial charge in [-0.05, 0) is 87.2 Å². The molecule has 10 heteroatoms. The first-order valence-corrected chi connectivity index (χ1v) is 15.3. The summed E-state index contributed by atoms with van der Waals surface area (Å²) < 4.78 is 59.3. The van der Waals surface area contributed by atoms with Crippen molar-refractivity contribution >= 4 is 33.1 Å². The number of hydrogen-bond acceptors (Lipinski definition) is 5. The number of sulfonamides is 1. The van der Waals surface area contributed by atoms with Crippen LogP contribution >= 0.6 is 11.6 Å². The highest BCUT2D eigenvalue weighted by Gasteiger charge is 2.47. The van der Waals surface area contributed by atoms with Gasteiger partial charge in [0.1, 0.15) is 15.7 Å². The Morgan fingerprint density at radius 1 is 1.07 bits per heavy atom. The molecule has 0 aliphatic carbocycles. The van der Waals surface area contributed by atoms with Gasteiger partial charge in [0.25, 0.3) is 10.0 Å². The lowest BCUT2D eigenvalue weighted by atomic mass is 9.70. The first-order valence-electron chi connectivity index (χ1n) is 13.4. The second kappa shape index (κ2) is 10.6. The minimum Gasteiger partial charge on any atom is -0.369 e. The van der Waals surface area contributed by atoms with Crippen molar-refractivity contribution in [2.75, 3.05) is 42.4 Å². The van der Waals surface area contributed by atoms with Gasteiger partial charge in [0, 0.05) is 25.0 Å². The predicted molar refractivity (Wildman–Crippen MR) is 156 cm³/mol. The van der Waals surface area contributed by atoms with Crippen LogP contribution in [-0.2, 0) is 16.6 Å². The van der Waals surface area contributed by atoms with Crippen molar-refractivity contribution in [1.82, 2.24) is 9.88 Å². The van der Waals surface area contributed by atoms with E-state index in [1.807, 2.05) is 30.9 Å². The smallest absolute Gasteiger partial charge is 0.269 e. The van der Waals surface area contributed by atoms with Crippen LogP contribution in [0.3, 0.4) is 0 Å². The Kier molecular flexibility index (Phi) is 7.61. The van der Waals surface area contributed by atoms with E-state index >= 15 is 4.39 Å². The zero-order valence-corrected chi connectivity index (χ0v) is 25.1. The quantitative estimate of drug-likeness (QED) is 0.312. The lowest BCUT2D eigenvalue weighted by Gasteiger charge is -2.53. The monoisotopic (exact) mass is 588 g/mol. The van der Waals surface area contributed by atoms with E-state index in [2.05, 4.69) is 23.9 Å². The number of nitrogens with zero attached hydrogens (tertiary/aromatic N) is 4. The van der Waals surface area contributed by atoms with Crippen molar-refractivity contribution in [3.8, 4) is 0 Å². The summed E-state index contributed by atoms with van der Waals surface area (Å²) in [4.78, 5) is 7.64. The molecule has 0 amide bonds. The fourth-order valence-corrected chi connectivity index (χ4v) is 8.03. The highest BCUT2D eigenvalue weighted by Crippen LogP contribution is 2.47. The molecular formula is C30H35ClF2N4O2S. The molecule has 2 aliphatic heterocycles. The molecule has 1 atom stereocenters. The zero-order chi connectivity index (χ0) is 29.0. The number of benzene rings is 2. The van der Waals surface area contributed by atoms with E-state index in [0.717, 1.165) is 54.1 Å². The molecule has 3 aromatic rings. The van der Waals surface area contributed by atoms with E-state index in [-0.39, 0.29) is 28.4 Å². The lowest BCUT2D eigenvalue weighted by Crippen LogP contribution is -2.59. The fraction of sp³-hybridized carbons (Fsp3) is 0.433. The number of aromatic nitrogens is 1. The van der Waals surface area contributed by atoms with Crippen molar-refractivity contribution < 1.29 is 17.2 Å². The Labute approximate surface area is 240 Å². The molecule has 40 heavy (non-hydrogen) atoms. The van der Waals surface area contributed by atoms with Crippen LogP contribution in [-0.4, -0.2) is 51.5 Å². The minimum atomic E-state index is -4.53. The van der Waals surface area contributed by atoms with Crippen molar-refractivity contribution in [2.24, 2.45) is 11.3 Å². The summed E-state index contributed by atoms with van der Waals surface area (Å²) in [5, 5.41) is -0.229. The first-order chi connectivity index (χ1) is 18.8. The number of rotatable bonds is 7. The normalized spacial score (nSPS) is 19.1. The molecule has 0 spiro atoms. The summed E-state index contributed by atoms with van der Waals surface area (Å²) in [5.41, 5.74) is 3.50. The number of pyridine rings is 1. The van der Waals surface area contributed by atoms with Crippen LogP contribution in [0.15, 0.2) is 47.4 Å². The molecule has 1 aromatic heterocycles. The topological polar surface area (TPSA) is 56.8 Å². The lowest BCUT2D eigenvalue weighted by molar-refractivity contribution is 0.139. The largest absolute Gasteiger partial charge is 0.369 e. The van der Waals surface area contributed by atoms with Crippen LogP contribution in [0.1, 0.15) is 35.6 Å². The van der Waals surface area contributed by atoms with Gasteiger partial charge in [-0.3, -0.25) is 0 Å². The van der Waals surface area contributed by atoms with Crippen molar-refractivity contribution in [3.63, 3.8) is 0 Å². The Morgan fingerprint density at radius 3 is 2.42 bits per heavy atom. The Balaban J connectivity index is 1.50. The van der Waals surface area contributed by atoms with E-state index in [9.17, 15) is 12.8 Å². The van der Waals surface area contributed by atoms with E-state index < -0.39 is 26.7 Å². The average Bonchev–Trinajstić information content (AvgIpc) is 3.31. The second-order valence-corrected chi connectivity index (χ2v) is 13.9. The zero-order valence-electron chi connectivity index (χ0n) is 23.5. The standard InChI is InChI=1S/C30H35ClF2N4O2S/c1-19-9-10-22(13-20(19)2)15-37(26-8-6-7-25(32)34-26)40(38,39)29-21(3)14-24(27(31)28(29)33)36-17-30(4,18-36)23-11-12-35(5)16-23/h6-10,13-14,23H,11-12,15-18H2,1-5H3. The summed E-state index contributed by atoms with van der Waals surface area (Å²) in [6.45, 7) is 11.1. The van der Waals surface area contributed by atoms with Gasteiger partial charge < -0.3 is 9.80 Å². The first kappa shape index (κ1) is 28.8. The third-order valence-corrected chi connectivity index (χ3v) is 10.8. The van der Waals surface area contributed by atoms with Gasteiger partial charge in [-0.25, -0.2) is 22.1 Å². The van der Waals surface area contributed by atoms with Crippen LogP contribution in [0.25, 0.3) is 0 Å². The van der Waals surface area contributed by atoms with Crippen molar-refractivity contribution in [2.45, 2.75) is 45.6 Å². The summed E-state index contributed by atoms with van der Waals surface area (Å²) >= 11 is 6.55. The van der Waals surface area contributed by atoms with Gasteiger partial charge in [0.15, 0.2) is 5.82 Å². The fourth-order valence-electron chi connectivity index (χ4n) is 6.03. The molecule has 2 aliphatic rings. The van der Waals surface area contributed by atoms with E-state index in [1.165, 1.54) is 12.1 Å². The summed E-state index contributed by atoms with van der Waals surface area (Å²) in [5.74, 6) is -1.43. The molecule has 2 aromatic carbocycles. The SMILES string of the molecule is Cc1ccc(CN(c2cccc(F)n2)S(=O)(=O)c2c(C)cc(N3CC(C)(C4CCN(C)C4)C3)c(Cl)c2F)cc1C. The number of likely N-dealkylation sites (tertiary alicyclic amines) is 1. The van der Waals surface area contributed by atoms with Crippen LogP contribution in [0.2, 0.25) is 5.02 Å². The Hall–Kier alpha value is -2.75. The van der Waals surface area contributed by atoms with E-state index in [1.54, 1.807) is 19.1 Å². The van der Waals surface area contributed by atoms with Gasteiger partial charge in [-0.1, -0.05) is 42.8 Å². The third-order valence-electron chi connectivity index (χ3n) is 8.55. The molecule has 1 unspecified atom stereocenters. The Morgan fingerprint density at radius 2 is 1.80 bits per heavy atom. The number of hydrogen-bond donors (Lipinski definition) is 0. The van der Waals surface area contributed by atoms with Crippen molar-refractivity contribution in [1.29, 1.82) is 0 Å². The van der Waals surface area contributed by atoms with Crippen LogP contribution in [0.5, 0.6) is 0 Å². The predicted octanol–water partition coefficient (Wildman–Crippen LogP) is 6.11. The molecule has 0 radical (unpaired) electrons. The van der Waals surface area contributed by atoms with Gasteiger partial charge >= 0.3 is 0 Å². The number of aryl methyl sites for hydroxylation is 3. The minimum absolute atomic E-state index is 0.0925. The maximum Gasteiger partial charge on any atom is 0.269 e. The highest BCUT2D eigenvalue weighted by atomic mass is 35.5. The summed E-state index contributed by atoms with van der Waals surface area (Å²) in [6, 6.07) is 11.1. The molecule has 214 valence electrons. The maximum absolute atomic E-state index is 16.0. The molecule has 0 saturated carbocycles. The van der Waals surface area contributed by atoms with Gasteiger partial charge in [-0.15, -0.1) is 0 Å². The highest BCUT2D eigenvalue weighted by molar-refractivity contribution is 7.92. The van der Waals surface area contributed by atoms with Crippen LogP contribution in [0, 0.1) is 43.9 Å². The van der Waals surface area contributed by atoms with Crippen molar-refractivity contribution in [3.05, 3.63) is 81.5 Å².